The molecule has 0 aliphatic carbocycles. The predicted octanol–water partition coefficient (Wildman–Crippen LogP) is 3.47. The van der Waals surface area contributed by atoms with E-state index in [1.807, 2.05) is 24.3 Å². The molecule has 2 aliphatic heterocycles. The molecule has 2 heterocycles. The molecule has 26 heavy (non-hydrogen) atoms. The highest BCUT2D eigenvalue weighted by atomic mass is 16.7. The maximum absolute atomic E-state index is 11.7. The third-order valence-electron chi connectivity index (χ3n) is 5.20. The van der Waals surface area contributed by atoms with E-state index < -0.39 is 0 Å². The number of carbonyl (C=O) groups excluding carboxylic acids is 1. The van der Waals surface area contributed by atoms with Crippen LogP contribution >= 0.6 is 0 Å². The predicted molar refractivity (Wildman–Crippen MR) is 97.1 cm³/mol. The van der Waals surface area contributed by atoms with Gasteiger partial charge in [-0.15, -0.1) is 0 Å². The Labute approximate surface area is 153 Å². The van der Waals surface area contributed by atoms with Gasteiger partial charge in [0.15, 0.2) is 11.5 Å². The minimum absolute atomic E-state index is 0.203. The van der Waals surface area contributed by atoms with Crippen molar-refractivity contribution in [2.24, 2.45) is 0 Å². The molecular formula is C21H23NO4. The molecule has 0 amide bonds. The first-order valence-corrected chi connectivity index (χ1v) is 9.02. The smallest absolute Gasteiger partial charge is 0.309 e. The summed E-state index contributed by atoms with van der Waals surface area (Å²) in [6.07, 6.45) is 2.60. The Morgan fingerprint density at radius 3 is 2.81 bits per heavy atom. The van der Waals surface area contributed by atoms with Gasteiger partial charge in [0.1, 0.15) is 0 Å². The molecule has 1 saturated heterocycles. The van der Waals surface area contributed by atoms with Crippen molar-refractivity contribution in [1.82, 2.24) is 4.90 Å². The Bertz CT molecular complexity index is 804. The van der Waals surface area contributed by atoms with Crippen LogP contribution in [0.15, 0.2) is 42.5 Å². The first kappa shape index (κ1) is 16.9. The van der Waals surface area contributed by atoms with Gasteiger partial charge >= 0.3 is 5.97 Å². The number of esters is 1. The Kier molecular flexibility index (Phi) is 4.80. The van der Waals surface area contributed by atoms with Crippen LogP contribution in [0.4, 0.5) is 0 Å². The molecule has 4 rings (SSSR count). The zero-order valence-corrected chi connectivity index (χ0v) is 14.9. The van der Waals surface area contributed by atoms with E-state index in [0.717, 1.165) is 43.0 Å². The van der Waals surface area contributed by atoms with E-state index in [-0.39, 0.29) is 5.97 Å². The van der Waals surface area contributed by atoms with Crippen molar-refractivity contribution in [2.75, 3.05) is 20.4 Å². The molecule has 5 nitrogen and oxygen atoms in total. The van der Waals surface area contributed by atoms with E-state index in [2.05, 4.69) is 23.1 Å². The van der Waals surface area contributed by atoms with Crippen molar-refractivity contribution in [3.63, 3.8) is 0 Å². The van der Waals surface area contributed by atoms with Crippen LogP contribution in [0.5, 0.6) is 11.5 Å². The Balaban J connectivity index is 1.54. The summed E-state index contributed by atoms with van der Waals surface area (Å²) in [5.74, 6) is 1.45. The molecule has 0 N–H and O–H groups in total. The number of methoxy groups -OCH3 is 1. The summed E-state index contributed by atoms with van der Waals surface area (Å²) >= 11 is 0. The molecule has 0 saturated carbocycles. The summed E-state index contributed by atoms with van der Waals surface area (Å²) < 4.78 is 15.8. The summed E-state index contributed by atoms with van der Waals surface area (Å²) in [5.41, 5.74) is 3.48. The summed E-state index contributed by atoms with van der Waals surface area (Å²) in [6.45, 7) is 2.17. The van der Waals surface area contributed by atoms with Gasteiger partial charge in [0.2, 0.25) is 6.79 Å². The second-order valence-electron chi connectivity index (χ2n) is 6.76. The zero-order valence-electron chi connectivity index (χ0n) is 14.9. The fourth-order valence-electron chi connectivity index (χ4n) is 3.84. The van der Waals surface area contributed by atoms with Gasteiger partial charge in [-0.2, -0.15) is 0 Å². The van der Waals surface area contributed by atoms with Crippen molar-refractivity contribution in [1.29, 1.82) is 0 Å². The zero-order chi connectivity index (χ0) is 17.9. The maximum Gasteiger partial charge on any atom is 0.309 e. The van der Waals surface area contributed by atoms with Crippen LogP contribution in [-0.4, -0.2) is 31.3 Å². The van der Waals surface area contributed by atoms with Gasteiger partial charge in [-0.3, -0.25) is 9.69 Å². The maximum atomic E-state index is 11.7. The average Bonchev–Trinajstić information content (AvgIpc) is 3.31. The van der Waals surface area contributed by atoms with Gasteiger partial charge in [-0.25, -0.2) is 0 Å². The molecule has 0 spiro atoms. The number of nitrogens with zero attached hydrogens (tertiary/aromatic N) is 1. The van der Waals surface area contributed by atoms with Gasteiger partial charge in [0.05, 0.1) is 13.5 Å². The highest BCUT2D eigenvalue weighted by Crippen LogP contribution is 2.39. The van der Waals surface area contributed by atoms with Gasteiger partial charge < -0.3 is 14.2 Å². The minimum atomic E-state index is -0.203. The number of likely N-dealkylation sites (tertiary alicyclic amines) is 1. The van der Waals surface area contributed by atoms with Crippen LogP contribution in [0.25, 0.3) is 0 Å². The molecule has 0 aromatic heterocycles. The summed E-state index contributed by atoms with van der Waals surface area (Å²) in [6, 6.07) is 14.7. The number of fused-ring (bicyclic) bond motifs is 1. The molecule has 0 unspecified atom stereocenters. The molecule has 1 fully saturated rings. The van der Waals surface area contributed by atoms with Crippen molar-refractivity contribution in [2.45, 2.75) is 31.8 Å². The molecule has 0 bridgehead atoms. The molecule has 2 aliphatic rings. The van der Waals surface area contributed by atoms with Crippen LogP contribution in [0, 0.1) is 0 Å². The number of benzene rings is 2. The van der Waals surface area contributed by atoms with Crippen molar-refractivity contribution < 1.29 is 19.0 Å². The number of ether oxygens (including phenoxy) is 3. The van der Waals surface area contributed by atoms with E-state index in [9.17, 15) is 4.79 Å². The SMILES string of the molecule is COC(=O)Cc1ccccc1CN1CCC[C@H]1c1ccc2c(c1)OCO2. The molecular weight excluding hydrogens is 330 g/mol. The van der Waals surface area contributed by atoms with Crippen LogP contribution in [0.1, 0.15) is 35.6 Å². The van der Waals surface area contributed by atoms with E-state index in [1.165, 1.54) is 18.2 Å². The molecule has 136 valence electrons. The number of hydrogen-bond donors (Lipinski definition) is 0. The Morgan fingerprint density at radius 1 is 1.15 bits per heavy atom. The van der Waals surface area contributed by atoms with E-state index >= 15 is 0 Å². The lowest BCUT2D eigenvalue weighted by atomic mass is 10.0. The highest BCUT2D eigenvalue weighted by molar-refractivity contribution is 5.72. The molecule has 2 aromatic carbocycles. The lowest BCUT2D eigenvalue weighted by Gasteiger charge is -2.26. The highest BCUT2D eigenvalue weighted by Gasteiger charge is 2.28. The molecule has 1 atom stereocenters. The topological polar surface area (TPSA) is 48.0 Å². The molecule has 0 radical (unpaired) electrons. The van der Waals surface area contributed by atoms with Crippen LogP contribution in [0.2, 0.25) is 0 Å². The average molecular weight is 353 g/mol. The van der Waals surface area contributed by atoms with E-state index in [4.69, 9.17) is 14.2 Å². The molecule has 5 heteroatoms. The Hall–Kier alpha value is -2.53. The largest absolute Gasteiger partial charge is 0.469 e. The minimum Gasteiger partial charge on any atom is -0.469 e. The monoisotopic (exact) mass is 353 g/mol. The number of carbonyl (C=O) groups is 1. The second kappa shape index (κ2) is 7.38. The van der Waals surface area contributed by atoms with E-state index in [1.54, 1.807) is 0 Å². The second-order valence-corrected chi connectivity index (χ2v) is 6.76. The summed E-state index contributed by atoms with van der Waals surface area (Å²) in [7, 11) is 1.43. The summed E-state index contributed by atoms with van der Waals surface area (Å²) in [5, 5.41) is 0. The third kappa shape index (κ3) is 3.40. The fraction of sp³-hybridized carbons (Fsp3) is 0.381. The van der Waals surface area contributed by atoms with Gasteiger partial charge in [0, 0.05) is 12.6 Å². The third-order valence-corrected chi connectivity index (χ3v) is 5.20. The van der Waals surface area contributed by atoms with Crippen LogP contribution in [0.3, 0.4) is 0 Å². The van der Waals surface area contributed by atoms with E-state index in [0.29, 0.717) is 19.3 Å². The normalized spacial score (nSPS) is 18.9. The fourth-order valence-corrected chi connectivity index (χ4v) is 3.84. The lowest BCUT2D eigenvalue weighted by molar-refractivity contribution is -0.139. The molecule has 2 aromatic rings. The summed E-state index contributed by atoms with van der Waals surface area (Å²) in [4.78, 5) is 14.2. The van der Waals surface area contributed by atoms with Crippen molar-refractivity contribution >= 4 is 5.97 Å². The number of rotatable bonds is 5. The lowest BCUT2D eigenvalue weighted by Crippen LogP contribution is -2.23. The van der Waals surface area contributed by atoms with Crippen LogP contribution < -0.4 is 9.47 Å². The Morgan fingerprint density at radius 2 is 1.96 bits per heavy atom. The quantitative estimate of drug-likeness (QED) is 0.771. The van der Waals surface area contributed by atoms with Gasteiger partial charge in [-0.05, 0) is 48.2 Å². The van der Waals surface area contributed by atoms with Gasteiger partial charge in [-0.1, -0.05) is 30.3 Å². The first-order chi connectivity index (χ1) is 12.7. The first-order valence-electron chi connectivity index (χ1n) is 9.02. The van der Waals surface area contributed by atoms with Gasteiger partial charge in [0.25, 0.3) is 0 Å². The standard InChI is InChI=1S/C21H23NO4/c1-24-21(23)12-15-5-2-3-6-17(15)13-22-10-4-7-18(22)16-8-9-19-20(11-16)26-14-25-19/h2-3,5-6,8-9,11,18H,4,7,10,12-14H2,1H3/t18-/m0/s1. The number of hydrogen-bond acceptors (Lipinski definition) is 5. The van der Waals surface area contributed by atoms with Crippen molar-refractivity contribution in [3.05, 3.63) is 59.2 Å². The van der Waals surface area contributed by atoms with Crippen molar-refractivity contribution in [3.8, 4) is 11.5 Å². The van der Waals surface area contributed by atoms with Crippen LogP contribution in [-0.2, 0) is 22.5 Å².